The average Bonchev–Trinajstić information content (AvgIpc) is 2.46. The van der Waals surface area contributed by atoms with E-state index < -0.39 is 5.82 Å². The molecule has 2 aromatic rings. The zero-order valence-electron chi connectivity index (χ0n) is 11.9. The van der Waals surface area contributed by atoms with Crippen LogP contribution in [0.15, 0.2) is 41.6 Å². The average molecular weight is 288 g/mol. The van der Waals surface area contributed by atoms with E-state index in [1.807, 2.05) is 25.1 Å². The van der Waals surface area contributed by atoms with Crippen LogP contribution in [-0.4, -0.2) is 23.1 Å². The van der Waals surface area contributed by atoms with Gasteiger partial charge in [-0.3, -0.25) is 4.98 Å². The summed E-state index contributed by atoms with van der Waals surface area (Å²) in [6.45, 7) is 2.39. The molecule has 3 N–H and O–H groups in total. The second-order valence-electron chi connectivity index (χ2n) is 4.75. The van der Waals surface area contributed by atoms with E-state index >= 15 is 0 Å². The minimum Gasteiger partial charge on any atom is -0.409 e. The summed E-state index contributed by atoms with van der Waals surface area (Å²) < 4.78 is 13.9. The minimum atomic E-state index is -0.535. The monoisotopic (exact) mass is 288 g/mol. The van der Waals surface area contributed by atoms with Gasteiger partial charge < -0.3 is 15.8 Å². The molecule has 2 rings (SSSR count). The van der Waals surface area contributed by atoms with Gasteiger partial charge in [-0.2, -0.15) is 0 Å². The summed E-state index contributed by atoms with van der Waals surface area (Å²) >= 11 is 0. The molecule has 0 spiro atoms. The fraction of sp³-hybridized carbons (Fsp3) is 0.200. The van der Waals surface area contributed by atoms with Gasteiger partial charge in [0.05, 0.1) is 23.5 Å². The largest absolute Gasteiger partial charge is 0.409 e. The Bertz CT molecular complexity index is 672. The van der Waals surface area contributed by atoms with Gasteiger partial charge in [0.25, 0.3) is 0 Å². The molecular weight excluding hydrogens is 271 g/mol. The third-order valence-electron chi connectivity index (χ3n) is 3.11. The maximum Gasteiger partial charge on any atom is 0.175 e. The van der Waals surface area contributed by atoms with Crippen molar-refractivity contribution in [1.29, 1.82) is 0 Å². The SMILES string of the molecule is Cc1cccc(CN(C)c2cccc(F)c2/C(N)=N/O)n1. The van der Waals surface area contributed by atoms with Crippen LogP contribution in [0, 0.1) is 12.7 Å². The summed E-state index contributed by atoms with van der Waals surface area (Å²) in [5, 5.41) is 11.7. The second-order valence-corrected chi connectivity index (χ2v) is 4.75. The fourth-order valence-electron chi connectivity index (χ4n) is 2.15. The van der Waals surface area contributed by atoms with Crippen LogP contribution in [0.25, 0.3) is 0 Å². The number of pyridine rings is 1. The molecule has 1 aromatic heterocycles. The van der Waals surface area contributed by atoms with Crippen molar-refractivity contribution in [3.8, 4) is 0 Å². The molecule has 1 heterocycles. The Hall–Kier alpha value is -2.63. The van der Waals surface area contributed by atoms with Crippen LogP contribution in [0.4, 0.5) is 10.1 Å². The lowest BCUT2D eigenvalue weighted by Crippen LogP contribution is -2.24. The van der Waals surface area contributed by atoms with Crippen LogP contribution in [0.1, 0.15) is 17.0 Å². The van der Waals surface area contributed by atoms with Crippen LogP contribution < -0.4 is 10.6 Å². The predicted molar refractivity (Wildman–Crippen MR) is 80.0 cm³/mol. The topological polar surface area (TPSA) is 74.7 Å². The Morgan fingerprint density at radius 2 is 2.05 bits per heavy atom. The maximum atomic E-state index is 13.9. The zero-order valence-corrected chi connectivity index (χ0v) is 11.9. The predicted octanol–water partition coefficient (Wildman–Crippen LogP) is 2.26. The molecule has 1 aromatic carbocycles. The Balaban J connectivity index is 2.35. The number of amidine groups is 1. The van der Waals surface area contributed by atoms with Gasteiger partial charge in [-0.05, 0) is 31.2 Å². The van der Waals surface area contributed by atoms with Gasteiger partial charge >= 0.3 is 0 Å². The number of aromatic nitrogens is 1. The molecule has 0 aliphatic heterocycles. The molecule has 0 aliphatic rings. The van der Waals surface area contributed by atoms with E-state index in [0.29, 0.717) is 12.2 Å². The van der Waals surface area contributed by atoms with E-state index in [2.05, 4.69) is 10.1 Å². The molecule has 21 heavy (non-hydrogen) atoms. The third kappa shape index (κ3) is 3.28. The number of anilines is 1. The lowest BCUT2D eigenvalue weighted by atomic mass is 10.1. The number of rotatable bonds is 4. The molecule has 0 bridgehead atoms. The number of nitrogens with zero attached hydrogens (tertiary/aromatic N) is 3. The highest BCUT2D eigenvalue weighted by Gasteiger charge is 2.16. The van der Waals surface area contributed by atoms with Crippen LogP contribution in [0.3, 0.4) is 0 Å². The lowest BCUT2D eigenvalue weighted by molar-refractivity contribution is 0.318. The summed E-state index contributed by atoms with van der Waals surface area (Å²) in [5.41, 5.74) is 7.95. The van der Waals surface area contributed by atoms with Crippen molar-refractivity contribution in [3.05, 3.63) is 59.2 Å². The molecule has 0 aliphatic carbocycles. The molecule has 0 atom stereocenters. The van der Waals surface area contributed by atoms with Gasteiger partial charge in [0.15, 0.2) is 5.84 Å². The van der Waals surface area contributed by atoms with Crippen molar-refractivity contribution in [1.82, 2.24) is 4.98 Å². The first kappa shape index (κ1) is 14.8. The van der Waals surface area contributed by atoms with Gasteiger partial charge in [0, 0.05) is 12.7 Å². The smallest absolute Gasteiger partial charge is 0.175 e. The number of hydrogen-bond acceptors (Lipinski definition) is 4. The molecule has 0 saturated heterocycles. The molecule has 0 radical (unpaired) electrons. The van der Waals surface area contributed by atoms with E-state index in [1.54, 1.807) is 24.1 Å². The summed E-state index contributed by atoms with van der Waals surface area (Å²) in [7, 11) is 1.80. The van der Waals surface area contributed by atoms with E-state index in [-0.39, 0.29) is 11.4 Å². The number of hydrogen-bond donors (Lipinski definition) is 2. The second kappa shape index (κ2) is 6.21. The van der Waals surface area contributed by atoms with Gasteiger partial charge in [-0.25, -0.2) is 4.39 Å². The standard InChI is InChI=1S/C15H17FN4O/c1-10-5-3-6-11(18-10)9-20(2)13-8-4-7-12(16)14(13)15(17)19-21/h3-8,21H,9H2,1-2H3,(H2,17,19). The Labute approximate surface area is 122 Å². The van der Waals surface area contributed by atoms with Gasteiger partial charge in [-0.1, -0.05) is 17.3 Å². The van der Waals surface area contributed by atoms with Crippen LogP contribution in [0.2, 0.25) is 0 Å². The molecule has 0 saturated carbocycles. The highest BCUT2D eigenvalue weighted by molar-refractivity contribution is 6.02. The minimum absolute atomic E-state index is 0.0788. The quantitative estimate of drug-likeness (QED) is 0.392. The third-order valence-corrected chi connectivity index (χ3v) is 3.11. The van der Waals surface area contributed by atoms with E-state index in [1.165, 1.54) is 6.07 Å². The molecule has 6 heteroatoms. The molecule has 0 fully saturated rings. The van der Waals surface area contributed by atoms with Gasteiger partial charge in [0.1, 0.15) is 5.82 Å². The maximum absolute atomic E-state index is 13.9. The molecule has 0 unspecified atom stereocenters. The summed E-state index contributed by atoms with van der Waals surface area (Å²) in [4.78, 5) is 6.21. The van der Waals surface area contributed by atoms with Crippen molar-refractivity contribution >= 4 is 11.5 Å². The zero-order chi connectivity index (χ0) is 15.4. The van der Waals surface area contributed by atoms with Crippen molar-refractivity contribution in [2.45, 2.75) is 13.5 Å². The summed E-state index contributed by atoms with van der Waals surface area (Å²) in [6, 6.07) is 10.3. The summed E-state index contributed by atoms with van der Waals surface area (Å²) in [5.74, 6) is -0.793. The van der Waals surface area contributed by atoms with Crippen molar-refractivity contribution in [2.24, 2.45) is 10.9 Å². The first-order valence-corrected chi connectivity index (χ1v) is 6.43. The van der Waals surface area contributed by atoms with E-state index in [4.69, 9.17) is 10.9 Å². The van der Waals surface area contributed by atoms with Crippen LogP contribution in [-0.2, 0) is 6.54 Å². The van der Waals surface area contributed by atoms with Crippen molar-refractivity contribution in [3.63, 3.8) is 0 Å². The number of halogens is 1. The van der Waals surface area contributed by atoms with Gasteiger partial charge in [0.2, 0.25) is 0 Å². The van der Waals surface area contributed by atoms with Crippen LogP contribution in [0.5, 0.6) is 0 Å². The molecular formula is C15H17FN4O. The highest BCUT2D eigenvalue weighted by atomic mass is 19.1. The number of benzene rings is 1. The normalized spacial score (nSPS) is 11.5. The number of oxime groups is 1. The van der Waals surface area contributed by atoms with Crippen LogP contribution >= 0.6 is 0 Å². The van der Waals surface area contributed by atoms with Gasteiger partial charge in [-0.15, -0.1) is 0 Å². The van der Waals surface area contributed by atoms with Crippen molar-refractivity contribution in [2.75, 3.05) is 11.9 Å². The molecule has 110 valence electrons. The van der Waals surface area contributed by atoms with E-state index in [0.717, 1.165) is 11.4 Å². The van der Waals surface area contributed by atoms with E-state index in [9.17, 15) is 4.39 Å². The van der Waals surface area contributed by atoms with Crippen molar-refractivity contribution < 1.29 is 9.60 Å². The Morgan fingerprint density at radius 3 is 2.71 bits per heavy atom. The highest BCUT2D eigenvalue weighted by Crippen LogP contribution is 2.23. The number of nitrogens with two attached hydrogens (primary N) is 1. The Kier molecular flexibility index (Phi) is 4.37. The molecule has 0 amide bonds. The number of aryl methyl sites for hydroxylation is 1. The lowest BCUT2D eigenvalue weighted by Gasteiger charge is -2.22. The first-order chi connectivity index (χ1) is 10.0. The summed E-state index contributed by atoms with van der Waals surface area (Å²) in [6.07, 6.45) is 0. The Morgan fingerprint density at radius 1 is 1.33 bits per heavy atom. The molecule has 5 nitrogen and oxygen atoms in total. The first-order valence-electron chi connectivity index (χ1n) is 6.43. The fourth-order valence-corrected chi connectivity index (χ4v) is 2.15.